The lowest BCUT2D eigenvalue weighted by molar-refractivity contribution is 0.241. The Hall–Kier alpha value is -1.11. The molecule has 5 nitrogen and oxygen atoms in total. The molecule has 0 aromatic heterocycles. The maximum Gasteiger partial charge on any atom is 0.247 e. The predicted octanol–water partition coefficient (Wildman–Crippen LogP) is 1.07. The van der Waals surface area contributed by atoms with E-state index in [-0.39, 0.29) is 10.9 Å². The van der Waals surface area contributed by atoms with E-state index in [0.717, 1.165) is 6.42 Å². The van der Waals surface area contributed by atoms with Crippen LogP contribution in [0.5, 0.6) is 5.75 Å². The van der Waals surface area contributed by atoms with Crippen molar-refractivity contribution in [3.63, 3.8) is 0 Å². The Bertz CT molecular complexity index is 526. The molecule has 2 rings (SSSR count). The van der Waals surface area contributed by atoms with E-state index >= 15 is 0 Å². The summed E-state index contributed by atoms with van der Waals surface area (Å²) in [6.07, 6.45) is 0.797. The summed E-state index contributed by atoms with van der Waals surface area (Å²) in [5, 5.41) is 3.11. The molecule has 1 saturated heterocycles. The summed E-state index contributed by atoms with van der Waals surface area (Å²) in [5.74, 6) is 0.399. The second kappa shape index (κ2) is 5.90. The van der Waals surface area contributed by atoms with Crippen LogP contribution < -0.4 is 10.1 Å². The molecule has 0 aliphatic carbocycles. The molecule has 0 unspecified atom stereocenters. The molecule has 0 amide bonds. The van der Waals surface area contributed by atoms with Gasteiger partial charge in [-0.2, -0.15) is 4.31 Å². The van der Waals surface area contributed by atoms with Gasteiger partial charge in [-0.25, -0.2) is 8.42 Å². The highest BCUT2D eigenvalue weighted by Gasteiger charge is 2.35. The zero-order valence-electron chi connectivity index (χ0n) is 11.3. The summed E-state index contributed by atoms with van der Waals surface area (Å²) in [5.41, 5.74) is 0. The lowest BCUT2D eigenvalue weighted by Gasteiger charge is -2.37. The lowest BCUT2D eigenvalue weighted by Crippen LogP contribution is -2.58. The Morgan fingerprint density at radius 1 is 1.37 bits per heavy atom. The van der Waals surface area contributed by atoms with Gasteiger partial charge in [-0.05, 0) is 18.6 Å². The van der Waals surface area contributed by atoms with Crippen LogP contribution in [-0.4, -0.2) is 45.5 Å². The van der Waals surface area contributed by atoms with Crippen LogP contribution in [0.4, 0.5) is 0 Å². The molecule has 0 atom stereocenters. The van der Waals surface area contributed by atoms with Crippen molar-refractivity contribution < 1.29 is 13.2 Å². The molecule has 1 heterocycles. The van der Waals surface area contributed by atoms with Gasteiger partial charge in [0.05, 0.1) is 13.2 Å². The normalized spacial score (nSPS) is 16.4. The van der Waals surface area contributed by atoms with E-state index in [4.69, 9.17) is 4.74 Å². The van der Waals surface area contributed by atoms with Gasteiger partial charge in [0, 0.05) is 19.6 Å². The van der Waals surface area contributed by atoms with Crippen molar-refractivity contribution in [2.24, 2.45) is 0 Å². The Morgan fingerprint density at radius 2 is 2.05 bits per heavy atom. The largest absolute Gasteiger partial charge is 0.495 e. The van der Waals surface area contributed by atoms with E-state index in [2.05, 4.69) is 5.32 Å². The minimum absolute atomic E-state index is 0.0508. The average molecular weight is 284 g/mol. The number of methoxy groups -OCH3 is 1. The van der Waals surface area contributed by atoms with Crippen LogP contribution in [0.3, 0.4) is 0 Å². The molecule has 1 aliphatic heterocycles. The van der Waals surface area contributed by atoms with E-state index in [9.17, 15) is 8.42 Å². The second-order valence-corrected chi connectivity index (χ2v) is 6.44. The van der Waals surface area contributed by atoms with E-state index in [0.29, 0.717) is 25.4 Å². The summed E-state index contributed by atoms with van der Waals surface area (Å²) in [4.78, 5) is 0.248. The first-order valence-electron chi connectivity index (χ1n) is 6.46. The zero-order valence-corrected chi connectivity index (χ0v) is 12.1. The molecule has 19 heavy (non-hydrogen) atoms. The number of ether oxygens (including phenoxy) is 1. The first-order valence-corrected chi connectivity index (χ1v) is 7.90. The fourth-order valence-electron chi connectivity index (χ4n) is 2.15. The highest BCUT2D eigenvalue weighted by atomic mass is 32.2. The number of sulfonamides is 1. The van der Waals surface area contributed by atoms with Gasteiger partial charge in [0.2, 0.25) is 10.0 Å². The van der Waals surface area contributed by atoms with Gasteiger partial charge in [-0.3, -0.25) is 0 Å². The maximum atomic E-state index is 12.8. The number of benzene rings is 1. The second-order valence-electron chi connectivity index (χ2n) is 4.58. The van der Waals surface area contributed by atoms with Crippen molar-refractivity contribution in [3.8, 4) is 5.75 Å². The van der Waals surface area contributed by atoms with Gasteiger partial charge in [-0.15, -0.1) is 0 Å². The fraction of sp³-hybridized carbons (Fsp3) is 0.538. The molecule has 1 aromatic carbocycles. The number of nitrogens with one attached hydrogen (secondary N) is 1. The van der Waals surface area contributed by atoms with E-state index in [1.54, 1.807) is 28.6 Å². The number of para-hydroxylation sites is 1. The van der Waals surface area contributed by atoms with Crippen LogP contribution in [0.1, 0.15) is 13.3 Å². The lowest BCUT2D eigenvalue weighted by atomic mass is 10.2. The van der Waals surface area contributed by atoms with Crippen molar-refractivity contribution in [2.75, 3.05) is 26.7 Å². The third-order valence-electron chi connectivity index (χ3n) is 3.27. The van der Waals surface area contributed by atoms with E-state index in [1.807, 2.05) is 6.92 Å². The Morgan fingerprint density at radius 3 is 2.58 bits per heavy atom. The Labute approximate surface area is 114 Å². The average Bonchev–Trinajstić information content (AvgIpc) is 2.36. The molecule has 106 valence electrons. The molecule has 0 spiro atoms. The molecule has 1 aliphatic rings. The first-order chi connectivity index (χ1) is 9.11. The highest BCUT2D eigenvalue weighted by Crippen LogP contribution is 2.28. The number of hydrogen-bond acceptors (Lipinski definition) is 4. The number of hydrogen-bond donors (Lipinski definition) is 1. The molecule has 0 radical (unpaired) electrons. The van der Waals surface area contributed by atoms with Gasteiger partial charge >= 0.3 is 0 Å². The van der Waals surface area contributed by atoms with Gasteiger partial charge in [0.15, 0.2) is 0 Å². The summed E-state index contributed by atoms with van der Waals surface area (Å²) in [7, 11) is -2.01. The fourth-order valence-corrected chi connectivity index (χ4v) is 4.03. The molecule has 6 heteroatoms. The van der Waals surface area contributed by atoms with Gasteiger partial charge in [0.1, 0.15) is 10.6 Å². The third-order valence-corrected chi connectivity index (χ3v) is 5.26. The van der Waals surface area contributed by atoms with Crippen molar-refractivity contribution in [2.45, 2.75) is 24.3 Å². The highest BCUT2D eigenvalue weighted by molar-refractivity contribution is 7.89. The summed E-state index contributed by atoms with van der Waals surface area (Å²) in [6.45, 7) is 3.95. The molecule has 0 bridgehead atoms. The van der Waals surface area contributed by atoms with Crippen LogP contribution in [0.2, 0.25) is 0 Å². The van der Waals surface area contributed by atoms with Crippen molar-refractivity contribution in [3.05, 3.63) is 24.3 Å². The van der Waals surface area contributed by atoms with E-state index in [1.165, 1.54) is 7.11 Å². The number of nitrogens with zero attached hydrogens (tertiary/aromatic N) is 1. The summed E-state index contributed by atoms with van der Waals surface area (Å²) in [6, 6.07) is 6.82. The summed E-state index contributed by atoms with van der Waals surface area (Å²) >= 11 is 0. The Kier molecular flexibility index (Phi) is 4.44. The molecular formula is C13H20N2O3S. The molecule has 1 N–H and O–H groups in total. The van der Waals surface area contributed by atoms with Crippen molar-refractivity contribution in [1.29, 1.82) is 0 Å². The summed E-state index contributed by atoms with van der Waals surface area (Å²) < 4.78 is 32.3. The Balaban J connectivity index is 2.38. The van der Waals surface area contributed by atoms with Crippen molar-refractivity contribution >= 4 is 10.0 Å². The smallest absolute Gasteiger partial charge is 0.247 e. The molecule has 0 saturated carbocycles. The standard InChI is InChI=1S/C13H20N2O3S/c1-3-8-15(11-9-14-10-11)19(16,17)13-7-5-4-6-12(13)18-2/h4-7,11,14H,3,8-10H2,1-2H3. The zero-order chi connectivity index (χ0) is 13.9. The minimum atomic E-state index is -3.50. The molecule has 1 fully saturated rings. The van der Waals surface area contributed by atoms with Crippen LogP contribution in [0, 0.1) is 0 Å². The minimum Gasteiger partial charge on any atom is -0.495 e. The van der Waals surface area contributed by atoms with Gasteiger partial charge in [0.25, 0.3) is 0 Å². The van der Waals surface area contributed by atoms with Gasteiger partial charge in [-0.1, -0.05) is 19.1 Å². The van der Waals surface area contributed by atoms with E-state index < -0.39 is 10.0 Å². The third kappa shape index (κ3) is 2.75. The van der Waals surface area contributed by atoms with Crippen LogP contribution in [0.25, 0.3) is 0 Å². The quantitative estimate of drug-likeness (QED) is 0.849. The van der Waals surface area contributed by atoms with Crippen LogP contribution in [0.15, 0.2) is 29.2 Å². The van der Waals surface area contributed by atoms with Crippen LogP contribution in [-0.2, 0) is 10.0 Å². The first kappa shape index (κ1) is 14.3. The monoisotopic (exact) mass is 284 g/mol. The topological polar surface area (TPSA) is 58.6 Å². The van der Waals surface area contributed by atoms with Crippen LogP contribution >= 0.6 is 0 Å². The molecular weight excluding hydrogens is 264 g/mol. The predicted molar refractivity (Wildman–Crippen MR) is 73.8 cm³/mol. The molecule has 1 aromatic rings. The maximum absolute atomic E-state index is 12.8. The van der Waals surface area contributed by atoms with Gasteiger partial charge < -0.3 is 10.1 Å². The number of rotatable bonds is 6. The van der Waals surface area contributed by atoms with Crippen molar-refractivity contribution in [1.82, 2.24) is 9.62 Å². The SMILES string of the molecule is CCCN(C1CNC1)S(=O)(=O)c1ccccc1OC.